The Bertz CT molecular complexity index is 576. The van der Waals surface area contributed by atoms with E-state index in [1.165, 1.54) is 31.4 Å². The third-order valence-electron chi connectivity index (χ3n) is 1.70. The van der Waals surface area contributed by atoms with Gasteiger partial charge in [-0.1, -0.05) is 0 Å². The summed E-state index contributed by atoms with van der Waals surface area (Å²) in [5, 5.41) is 0. The number of benzene rings is 1. The Labute approximate surface area is 129 Å². The molecule has 97 valence electrons. The molecule has 0 atom stereocenters. The first-order chi connectivity index (χ1) is 7.74. The van der Waals surface area contributed by atoms with Crippen LogP contribution in [0, 0.1) is 0 Å². The molecule has 6 nitrogen and oxygen atoms in total. The Hall–Kier alpha value is -0.120. The molecule has 1 radical (unpaired) electrons. The van der Waals surface area contributed by atoms with Gasteiger partial charge in [-0.05, 0) is 24.3 Å². The van der Waals surface area contributed by atoms with E-state index in [0.29, 0.717) is 0 Å². The van der Waals surface area contributed by atoms with Gasteiger partial charge < -0.3 is 8.92 Å². The monoisotopic (exact) mass is 303 g/mol. The Morgan fingerprint density at radius 3 is 1.94 bits per heavy atom. The number of hydrogen-bond acceptors (Lipinski definition) is 6. The molecule has 18 heavy (non-hydrogen) atoms. The van der Waals surface area contributed by atoms with E-state index < -0.39 is 25.9 Å². The van der Waals surface area contributed by atoms with Crippen LogP contribution < -0.4 is 4.18 Å². The number of methoxy groups -OCH3 is 1. The molecule has 0 aliphatic rings. The van der Waals surface area contributed by atoms with Crippen LogP contribution in [0.25, 0.3) is 0 Å². The van der Waals surface area contributed by atoms with E-state index in [1.807, 2.05) is 0 Å². The Morgan fingerprint density at radius 1 is 1.06 bits per heavy atom. The molecule has 0 N–H and O–H groups in total. The average Bonchev–Trinajstić information content (AvgIpc) is 2.15. The molecule has 0 amide bonds. The van der Waals surface area contributed by atoms with E-state index in [-0.39, 0.29) is 40.2 Å². The zero-order chi connectivity index (χ0) is 13.1. The minimum absolute atomic E-state index is 0. The number of rotatable bonds is 5. The molecule has 1 rings (SSSR count). The summed E-state index contributed by atoms with van der Waals surface area (Å²) in [4.78, 5) is 0.0419. The smallest absolute Gasteiger partial charge is 0.306 e. The summed E-state index contributed by atoms with van der Waals surface area (Å²) in [6, 6.07) is 5.05. The molecular weight excluding hydrogens is 291 g/mol. The second-order valence-electron chi connectivity index (χ2n) is 3.28. The van der Waals surface area contributed by atoms with Crippen LogP contribution in [-0.2, 0) is 24.7 Å². The number of ether oxygens (including phenoxy) is 1. The van der Waals surface area contributed by atoms with E-state index in [2.05, 4.69) is 8.92 Å². The molecule has 0 spiro atoms. The first kappa shape index (κ1) is 17.9. The van der Waals surface area contributed by atoms with Gasteiger partial charge in [0.15, 0.2) is 5.94 Å². The second kappa shape index (κ2) is 6.88. The molecule has 0 aromatic heterocycles. The second-order valence-corrected chi connectivity index (χ2v) is 6.79. The molecule has 0 saturated heterocycles. The van der Waals surface area contributed by atoms with Crippen molar-refractivity contribution in [3.8, 4) is 5.75 Å². The third kappa shape index (κ3) is 5.68. The molecule has 0 aliphatic heterocycles. The predicted molar refractivity (Wildman–Crippen MR) is 66.7 cm³/mol. The molecule has 0 heterocycles. The van der Waals surface area contributed by atoms with Gasteiger partial charge in [-0.3, -0.25) is 0 Å². The minimum atomic E-state index is -3.61. The quantitative estimate of drug-likeness (QED) is 0.563. The van der Waals surface area contributed by atoms with Crippen molar-refractivity contribution in [2.75, 3.05) is 19.3 Å². The predicted octanol–water partition coefficient (Wildman–Crippen LogP) is 0.0218. The van der Waals surface area contributed by atoms with Crippen molar-refractivity contribution in [3.05, 3.63) is 24.3 Å². The maximum Gasteiger partial charge on any atom is 0.306 e. The molecule has 1 aromatic carbocycles. The fraction of sp³-hybridized carbons (Fsp3) is 0.333. The van der Waals surface area contributed by atoms with Crippen LogP contribution in [0.4, 0.5) is 0 Å². The van der Waals surface area contributed by atoms with E-state index in [1.54, 1.807) is 0 Å². The SMILES string of the molecule is COCS(=O)(=O)c1ccc(OS(C)(=O)=O)cc1.[Na]. The van der Waals surface area contributed by atoms with Gasteiger partial charge in [-0.2, -0.15) is 8.42 Å². The summed E-state index contributed by atoms with van der Waals surface area (Å²) < 4.78 is 53.9. The fourth-order valence-electron chi connectivity index (χ4n) is 1.10. The summed E-state index contributed by atoms with van der Waals surface area (Å²) in [5.41, 5.74) is 0. The van der Waals surface area contributed by atoms with Crippen LogP contribution in [0.3, 0.4) is 0 Å². The van der Waals surface area contributed by atoms with Gasteiger partial charge in [0.2, 0.25) is 9.84 Å². The standard InChI is InChI=1S/C9H12O6S2.Na/c1-14-7-17(12,13)9-5-3-8(4-6-9)15-16(2,10)11;/h3-6H,7H2,1-2H3;. The van der Waals surface area contributed by atoms with Crippen LogP contribution in [0.5, 0.6) is 5.75 Å². The molecule has 0 bridgehead atoms. The topological polar surface area (TPSA) is 86.7 Å². The summed E-state index contributed by atoms with van der Waals surface area (Å²) >= 11 is 0. The first-order valence-electron chi connectivity index (χ1n) is 4.46. The molecule has 0 aliphatic carbocycles. The van der Waals surface area contributed by atoms with Crippen LogP contribution in [0.15, 0.2) is 29.2 Å². The van der Waals surface area contributed by atoms with E-state index in [9.17, 15) is 16.8 Å². The summed E-state index contributed by atoms with van der Waals surface area (Å²) in [7, 11) is -5.83. The largest absolute Gasteiger partial charge is 0.383 e. The van der Waals surface area contributed by atoms with Gasteiger partial charge in [0, 0.05) is 36.7 Å². The molecule has 1 aromatic rings. The molecule has 0 fully saturated rings. The average molecular weight is 303 g/mol. The normalized spacial score (nSPS) is 11.7. The van der Waals surface area contributed by atoms with E-state index >= 15 is 0 Å². The van der Waals surface area contributed by atoms with Crippen molar-refractivity contribution in [1.29, 1.82) is 0 Å². The molecule has 0 saturated carbocycles. The first-order valence-corrected chi connectivity index (χ1v) is 7.93. The van der Waals surface area contributed by atoms with Gasteiger partial charge in [0.25, 0.3) is 0 Å². The van der Waals surface area contributed by atoms with Gasteiger partial charge in [-0.25, -0.2) is 8.42 Å². The van der Waals surface area contributed by atoms with E-state index in [4.69, 9.17) is 0 Å². The van der Waals surface area contributed by atoms with Crippen molar-refractivity contribution in [2.24, 2.45) is 0 Å². The Balaban J connectivity index is 0.00000289. The van der Waals surface area contributed by atoms with E-state index in [0.717, 1.165) is 6.26 Å². The Morgan fingerprint density at radius 2 is 1.56 bits per heavy atom. The van der Waals surface area contributed by atoms with Crippen molar-refractivity contribution in [2.45, 2.75) is 4.90 Å². The molecule has 9 heteroatoms. The third-order valence-corrected chi connectivity index (χ3v) is 3.74. The zero-order valence-corrected chi connectivity index (χ0v) is 13.9. The van der Waals surface area contributed by atoms with Crippen LogP contribution in [-0.4, -0.2) is 65.7 Å². The maximum absolute atomic E-state index is 11.5. The minimum Gasteiger partial charge on any atom is -0.383 e. The summed E-state index contributed by atoms with van der Waals surface area (Å²) in [5.74, 6) is -0.372. The van der Waals surface area contributed by atoms with Crippen LogP contribution >= 0.6 is 0 Å². The van der Waals surface area contributed by atoms with Crippen molar-refractivity contribution in [3.63, 3.8) is 0 Å². The summed E-state index contributed by atoms with van der Waals surface area (Å²) in [6.07, 6.45) is 0.905. The molecule has 0 unspecified atom stereocenters. The Kier molecular flexibility index (Phi) is 6.83. The number of sulfone groups is 1. The van der Waals surface area contributed by atoms with Crippen molar-refractivity contribution >= 4 is 49.5 Å². The van der Waals surface area contributed by atoms with Gasteiger partial charge in [0.05, 0.1) is 11.2 Å². The van der Waals surface area contributed by atoms with Crippen LogP contribution in [0.2, 0.25) is 0 Å². The summed E-state index contributed by atoms with van der Waals surface area (Å²) in [6.45, 7) is 0. The molecular formula is C9H12NaO6S2. The zero-order valence-electron chi connectivity index (χ0n) is 10.3. The van der Waals surface area contributed by atoms with Crippen molar-refractivity contribution < 1.29 is 25.8 Å². The van der Waals surface area contributed by atoms with Gasteiger partial charge >= 0.3 is 10.1 Å². The van der Waals surface area contributed by atoms with Crippen LogP contribution in [0.1, 0.15) is 0 Å². The van der Waals surface area contributed by atoms with Gasteiger partial charge in [-0.15, -0.1) is 0 Å². The fourth-order valence-corrected chi connectivity index (χ4v) is 2.56. The number of hydrogen-bond donors (Lipinski definition) is 0. The van der Waals surface area contributed by atoms with Gasteiger partial charge in [0.1, 0.15) is 5.75 Å². The maximum atomic E-state index is 11.5. The van der Waals surface area contributed by atoms with Crippen molar-refractivity contribution in [1.82, 2.24) is 0 Å².